The molecule has 4 rings (SSSR count). The second-order valence-corrected chi connectivity index (χ2v) is 7.31. The maximum Gasteiger partial charge on any atom is 0.224 e. The minimum absolute atomic E-state index is 0.0273. The molecule has 1 aliphatic carbocycles. The molecule has 0 atom stereocenters. The van der Waals surface area contributed by atoms with E-state index in [2.05, 4.69) is 15.3 Å². The number of nitrogens with one attached hydrogen (secondary N) is 1. The van der Waals surface area contributed by atoms with E-state index in [9.17, 15) is 5.11 Å². The van der Waals surface area contributed by atoms with Crippen LogP contribution in [0.2, 0.25) is 0 Å². The van der Waals surface area contributed by atoms with Gasteiger partial charge in [-0.1, -0.05) is 24.3 Å². The summed E-state index contributed by atoms with van der Waals surface area (Å²) < 4.78 is 2.00. The number of rotatable bonds is 5. The van der Waals surface area contributed by atoms with E-state index in [1.165, 1.54) is 0 Å². The van der Waals surface area contributed by atoms with Gasteiger partial charge in [-0.25, -0.2) is 9.67 Å². The van der Waals surface area contributed by atoms with Crippen molar-refractivity contribution in [2.24, 2.45) is 11.7 Å². The molecule has 27 heavy (non-hydrogen) atoms. The zero-order chi connectivity index (χ0) is 18.8. The minimum atomic E-state index is -0.0273. The van der Waals surface area contributed by atoms with Gasteiger partial charge in [0.1, 0.15) is 5.69 Å². The van der Waals surface area contributed by atoms with Crippen molar-refractivity contribution in [2.75, 3.05) is 12.4 Å². The number of benzene rings is 1. The molecule has 1 fully saturated rings. The number of hydrogen-bond donors (Lipinski definition) is 3. The van der Waals surface area contributed by atoms with Crippen LogP contribution in [0.4, 0.5) is 5.95 Å². The first-order chi connectivity index (χ1) is 13.2. The van der Waals surface area contributed by atoms with E-state index >= 15 is 0 Å². The van der Waals surface area contributed by atoms with Gasteiger partial charge < -0.3 is 16.2 Å². The molecule has 4 N–H and O–H groups in total. The van der Waals surface area contributed by atoms with Crippen molar-refractivity contribution in [2.45, 2.75) is 44.9 Å². The van der Waals surface area contributed by atoms with Crippen molar-refractivity contribution in [3.63, 3.8) is 0 Å². The lowest BCUT2D eigenvalue weighted by Gasteiger charge is -2.25. The second-order valence-electron chi connectivity index (χ2n) is 7.31. The number of aliphatic hydroxyl groups is 1. The van der Waals surface area contributed by atoms with Crippen molar-refractivity contribution in [1.29, 1.82) is 0 Å². The van der Waals surface area contributed by atoms with Gasteiger partial charge in [0.15, 0.2) is 5.65 Å². The van der Waals surface area contributed by atoms with Crippen LogP contribution in [-0.4, -0.2) is 37.9 Å². The van der Waals surface area contributed by atoms with E-state index in [0.29, 0.717) is 17.9 Å². The minimum Gasteiger partial charge on any atom is -0.392 e. The summed E-state index contributed by atoms with van der Waals surface area (Å²) in [6.07, 6.45) is 6.20. The predicted octanol–water partition coefficient (Wildman–Crippen LogP) is 2.54. The van der Waals surface area contributed by atoms with Gasteiger partial charge in [-0.2, -0.15) is 10.1 Å². The summed E-state index contributed by atoms with van der Waals surface area (Å²) in [5, 5.41) is 18.6. The number of fused-ring (bicyclic) bond motifs is 1. The van der Waals surface area contributed by atoms with Gasteiger partial charge in [0.05, 0.1) is 12.0 Å². The molecule has 7 nitrogen and oxygen atoms in total. The van der Waals surface area contributed by atoms with Crippen molar-refractivity contribution in [3.8, 4) is 11.3 Å². The van der Waals surface area contributed by atoms with Crippen LogP contribution in [-0.2, 0) is 13.2 Å². The van der Waals surface area contributed by atoms with Gasteiger partial charge >= 0.3 is 0 Å². The fourth-order valence-electron chi connectivity index (χ4n) is 3.91. The van der Waals surface area contributed by atoms with Crippen LogP contribution < -0.4 is 11.1 Å². The van der Waals surface area contributed by atoms with Crippen molar-refractivity contribution in [3.05, 3.63) is 36.0 Å². The van der Waals surface area contributed by atoms with E-state index in [4.69, 9.17) is 10.8 Å². The quantitative estimate of drug-likeness (QED) is 0.641. The van der Waals surface area contributed by atoms with Crippen LogP contribution in [0.15, 0.2) is 30.5 Å². The molecule has 0 spiro atoms. The first-order valence-electron chi connectivity index (χ1n) is 9.55. The maximum atomic E-state index is 9.74. The van der Waals surface area contributed by atoms with Gasteiger partial charge in [-0.05, 0) is 37.2 Å². The normalized spacial score (nSPS) is 20.1. The molecule has 142 valence electrons. The van der Waals surface area contributed by atoms with E-state index < -0.39 is 0 Å². The molecule has 2 heterocycles. The summed E-state index contributed by atoms with van der Waals surface area (Å²) in [5.74, 6) is 1.14. The Hall–Kier alpha value is -2.51. The molecule has 2 aromatic heterocycles. The number of anilines is 1. The Labute approximate surface area is 158 Å². The van der Waals surface area contributed by atoms with Crippen LogP contribution in [0.3, 0.4) is 0 Å². The van der Waals surface area contributed by atoms with E-state index in [1.54, 1.807) is 0 Å². The van der Waals surface area contributed by atoms with Crippen LogP contribution in [0.5, 0.6) is 0 Å². The van der Waals surface area contributed by atoms with Gasteiger partial charge in [0.25, 0.3) is 0 Å². The number of nitrogens with two attached hydrogens (primary N) is 1. The molecule has 7 heteroatoms. The summed E-state index contributed by atoms with van der Waals surface area (Å²) in [7, 11) is 1.81. The Balaban J connectivity index is 1.78. The van der Waals surface area contributed by atoms with Crippen LogP contribution in [0.25, 0.3) is 22.3 Å². The predicted molar refractivity (Wildman–Crippen MR) is 106 cm³/mol. The Morgan fingerprint density at radius 1 is 1.22 bits per heavy atom. The number of hydrogen-bond acceptors (Lipinski definition) is 6. The lowest BCUT2D eigenvalue weighted by atomic mass is 9.86. The molecule has 0 bridgehead atoms. The van der Waals surface area contributed by atoms with E-state index in [-0.39, 0.29) is 6.61 Å². The molecule has 0 unspecified atom stereocenters. The summed E-state index contributed by atoms with van der Waals surface area (Å²) in [5.41, 5.74) is 9.48. The van der Waals surface area contributed by atoms with E-state index in [1.807, 2.05) is 42.2 Å². The highest BCUT2D eigenvalue weighted by atomic mass is 16.3. The number of nitrogens with zero attached hydrogens (tertiary/aromatic N) is 4. The highest BCUT2D eigenvalue weighted by molar-refractivity contribution is 5.92. The third kappa shape index (κ3) is 3.52. The highest BCUT2D eigenvalue weighted by Gasteiger charge is 2.22. The molecule has 1 aromatic carbocycles. The Bertz CT molecular complexity index is 929. The number of aromatic nitrogens is 4. The Kier molecular flexibility index (Phi) is 5.05. The summed E-state index contributed by atoms with van der Waals surface area (Å²) in [4.78, 5) is 9.05. The van der Waals surface area contributed by atoms with E-state index in [0.717, 1.165) is 60.1 Å². The zero-order valence-corrected chi connectivity index (χ0v) is 15.6. The molecule has 0 aliphatic heterocycles. The average molecular weight is 366 g/mol. The first kappa shape index (κ1) is 17.9. The van der Waals surface area contributed by atoms with Gasteiger partial charge in [0.2, 0.25) is 5.95 Å². The van der Waals surface area contributed by atoms with Crippen LogP contribution in [0, 0.1) is 5.92 Å². The Morgan fingerprint density at radius 2 is 2.00 bits per heavy atom. The molecular formula is C20H26N6O. The monoisotopic (exact) mass is 366 g/mol. The SMILES string of the molecule is CNc1ncc2c(-c3ccccc3CO)nn(CC3CCC(N)CC3)c2n1. The van der Waals surface area contributed by atoms with Crippen molar-refractivity contribution < 1.29 is 5.11 Å². The Morgan fingerprint density at radius 3 is 2.74 bits per heavy atom. The molecule has 3 aromatic rings. The van der Waals surface area contributed by atoms with Crippen molar-refractivity contribution in [1.82, 2.24) is 19.7 Å². The maximum absolute atomic E-state index is 9.74. The summed E-state index contributed by atoms with van der Waals surface area (Å²) >= 11 is 0. The topological polar surface area (TPSA) is 102 Å². The molecule has 1 saturated carbocycles. The fraction of sp³-hybridized carbons (Fsp3) is 0.450. The van der Waals surface area contributed by atoms with Crippen molar-refractivity contribution >= 4 is 17.0 Å². The van der Waals surface area contributed by atoms with Gasteiger partial charge in [0, 0.05) is 31.4 Å². The number of aliphatic hydroxyl groups excluding tert-OH is 1. The summed E-state index contributed by atoms with van der Waals surface area (Å²) in [6.45, 7) is 0.797. The summed E-state index contributed by atoms with van der Waals surface area (Å²) in [6, 6.07) is 8.13. The molecule has 0 amide bonds. The fourth-order valence-corrected chi connectivity index (χ4v) is 3.91. The third-order valence-electron chi connectivity index (χ3n) is 5.48. The zero-order valence-electron chi connectivity index (χ0n) is 15.6. The third-order valence-corrected chi connectivity index (χ3v) is 5.48. The standard InChI is InChI=1S/C20H26N6O/c1-22-20-23-10-17-18(16-5-3-2-4-14(16)12-27)25-26(19(17)24-20)11-13-6-8-15(21)9-7-13/h2-5,10,13,15,27H,6-9,11-12,21H2,1H3,(H,22,23,24). The smallest absolute Gasteiger partial charge is 0.224 e. The first-order valence-corrected chi connectivity index (χ1v) is 9.55. The molecule has 1 aliphatic rings. The molecule has 0 saturated heterocycles. The van der Waals surface area contributed by atoms with Crippen LogP contribution >= 0.6 is 0 Å². The van der Waals surface area contributed by atoms with Crippen LogP contribution in [0.1, 0.15) is 31.2 Å². The average Bonchev–Trinajstić information content (AvgIpc) is 3.07. The molecular weight excluding hydrogens is 340 g/mol. The van der Waals surface area contributed by atoms with Gasteiger partial charge in [-0.3, -0.25) is 0 Å². The lowest BCUT2D eigenvalue weighted by Crippen LogP contribution is -2.28. The largest absolute Gasteiger partial charge is 0.392 e. The lowest BCUT2D eigenvalue weighted by molar-refractivity contribution is 0.282. The second kappa shape index (κ2) is 7.62. The molecule has 0 radical (unpaired) electrons. The van der Waals surface area contributed by atoms with Gasteiger partial charge in [-0.15, -0.1) is 0 Å². The highest BCUT2D eigenvalue weighted by Crippen LogP contribution is 2.32.